The van der Waals surface area contributed by atoms with Crippen LogP contribution in [0, 0.1) is 6.92 Å². The lowest BCUT2D eigenvalue weighted by Crippen LogP contribution is -2.35. The smallest absolute Gasteiger partial charge is 0.252 e. The molecular weight excluding hydrogens is 413 g/mol. The van der Waals surface area contributed by atoms with Gasteiger partial charge in [-0.1, -0.05) is 52.7 Å². The largest absolute Gasteiger partial charge is 0.308 e. The molecule has 0 unspecified atom stereocenters. The molecule has 1 aromatic heterocycles. The molecule has 0 N–H and O–H groups in total. The van der Waals surface area contributed by atoms with E-state index in [0.29, 0.717) is 21.7 Å². The van der Waals surface area contributed by atoms with Gasteiger partial charge in [0.2, 0.25) is 0 Å². The first kappa shape index (κ1) is 20.8. The van der Waals surface area contributed by atoms with Gasteiger partial charge in [-0.15, -0.1) is 0 Å². The summed E-state index contributed by atoms with van der Waals surface area (Å²) in [5.74, 6) is -0.135. The Morgan fingerprint density at radius 3 is 2.64 bits per heavy atom. The fourth-order valence-corrected chi connectivity index (χ4v) is 4.37. The Hall–Kier alpha value is -1.92. The van der Waals surface area contributed by atoms with Gasteiger partial charge in [0.15, 0.2) is 5.13 Å². The number of thiazole rings is 1. The van der Waals surface area contributed by atoms with E-state index in [-0.39, 0.29) is 5.91 Å². The van der Waals surface area contributed by atoms with Gasteiger partial charge in [-0.2, -0.15) is 0 Å². The van der Waals surface area contributed by atoms with Crippen LogP contribution < -0.4 is 4.90 Å². The maximum absolute atomic E-state index is 13.0. The topological polar surface area (TPSA) is 36.4 Å². The van der Waals surface area contributed by atoms with E-state index in [0.717, 1.165) is 27.9 Å². The second-order valence-corrected chi connectivity index (χ2v) is 8.57. The summed E-state index contributed by atoms with van der Waals surface area (Å²) in [7, 11) is 3.95. The van der Waals surface area contributed by atoms with Gasteiger partial charge in [-0.25, -0.2) is 4.98 Å². The zero-order chi connectivity index (χ0) is 20.3. The Labute approximate surface area is 179 Å². The maximum Gasteiger partial charge on any atom is 0.252 e. The Morgan fingerprint density at radius 1 is 1.18 bits per heavy atom. The van der Waals surface area contributed by atoms with Crippen molar-refractivity contribution >= 4 is 61.9 Å². The van der Waals surface area contributed by atoms with Crippen molar-refractivity contribution in [2.45, 2.75) is 6.92 Å². The molecule has 0 radical (unpaired) electrons. The van der Waals surface area contributed by atoms with Crippen LogP contribution in [0.25, 0.3) is 16.3 Å². The number of halogens is 2. The first-order valence-corrected chi connectivity index (χ1v) is 10.4. The molecule has 0 aliphatic carbocycles. The number of carbonyl (C=O) groups excluding carboxylic acids is 1. The summed E-state index contributed by atoms with van der Waals surface area (Å²) in [5.41, 5.74) is 2.68. The van der Waals surface area contributed by atoms with Crippen molar-refractivity contribution in [1.29, 1.82) is 0 Å². The second-order valence-electron chi connectivity index (χ2n) is 6.71. The quantitative estimate of drug-likeness (QED) is 0.480. The summed E-state index contributed by atoms with van der Waals surface area (Å²) >= 11 is 13.8. The van der Waals surface area contributed by atoms with Crippen LogP contribution in [0.3, 0.4) is 0 Å². The van der Waals surface area contributed by atoms with E-state index in [2.05, 4.69) is 0 Å². The fourth-order valence-electron chi connectivity index (χ4n) is 2.72. The van der Waals surface area contributed by atoms with Gasteiger partial charge in [-0.3, -0.25) is 9.69 Å². The van der Waals surface area contributed by atoms with Crippen molar-refractivity contribution in [3.63, 3.8) is 0 Å². The van der Waals surface area contributed by atoms with Crippen molar-refractivity contribution in [1.82, 2.24) is 9.88 Å². The van der Waals surface area contributed by atoms with Crippen LogP contribution in [-0.4, -0.2) is 43.0 Å². The molecule has 0 fully saturated rings. The standard InChI is InChI=1S/C21H21Cl2N3OS/c1-14-12-16(22)13-18-20(14)24-21(28-18)26(11-10-25(2)3)19(27)9-8-15-6-4-5-7-17(15)23/h4-9,12-13H,10-11H2,1-3H3. The van der Waals surface area contributed by atoms with Crippen LogP contribution in [0.4, 0.5) is 5.13 Å². The number of rotatable bonds is 6. The first-order chi connectivity index (χ1) is 13.3. The lowest BCUT2D eigenvalue weighted by Gasteiger charge is -2.20. The van der Waals surface area contributed by atoms with Gasteiger partial charge >= 0.3 is 0 Å². The fraction of sp³-hybridized carbons (Fsp3) is 0.238. The third-order valence-electron chi connectivity index (χ3n) is 4.22. The molecule has 3 aromatic rings. The highest BCUT2D eigenvalue weighted by molar-refractivity contribution is 7.22. The third kappa shape index (κ3) is 4.92. The van der Waals surface area contributed by atoms with Gasteiger partial charge in [0.05, 0.1) is 10.2 Å². The lowest BCUT2D eigenvalue weighted by atomic mass is 10.2. The molecule has 4 nitrogen and oxygen atoms in total. The minimum Gasteiger partial charge on any atom is -0.308 e. The molecule has 146 valence electrons. The third-order valence-corrected chi connectivity index (χ3v) is 5.81. The van der Waals surface area contributed by atoms with E-state index >= 15 is 0 Å². The maximum atomic E-state index is 13.0. The summed E-state index contributed by atoms with van der Waals surface area (Å²) in [6.45, 7) is 3.23. The molecular formula is C21H21Cl2N3OS. The molecule has 7 heteroatoms. The minimum atomic E-state index is -0.135. The molecule has 0 spiro atoms. The highest BCUT2D eigenvalue weighted by Gasteiger charge is 2.19. The number of hydrogen-bond acceptors (Lipinski definition) is 4. The van der Waals surface area contributed by atoms with Crippen molar-refractivity contribution in [2.75, 3.05) is 32.1 Å². The second kappa shape index (κ2) is 9.05. The van der Waals surface area contributed by atoms with E-state index in [1.807, 2.05) is 56.3 Å². The van der Waals surface area contributed by atoms with Gasteiger partial charge < -0.3 is 4.90 Å². The SMILES string of the molecule is Cc1cc(Cl)cc2sc(N(CCN(C)C)C(=O)C=Cc3ccccc3Cl)nc12. The summed E-state index contributed by atoms with van der Waals surface area (Å²) < 4.78 is 0.970. The molecule has 0 saturated heterocycles. The monoisotopic (exact) mass is 433 g/mol. The number of aromatic nitrogens is 1. The summed E-state index contributed by atoms with van der Waals surface area (Å²) in [4.78, 5) is 21.4. The number of likely N-dealkylation sites (N-methyl/N-ethyl adjacent to an activating group) is 1. The van der Waals surface area contributed by atoms with Crippen LogP contribution in [-0.2, 0) is 4.79 Å². The van der Waals surface area contributed by atoms with Gasteiger partial charge in [0.25, 0.3) is 5.91 Å². The van der Waals surface area contributed by atoms with Crippen molar-refractivity contribution in [3.8, 4) is 0 Å². The molecule has 2 aromatic carbocycles. The Morgan fingerprint density at radius 2 is 1.93 bits per heavy atom. The highest BCUT2D eigenvalue weighted by Crippen LogP contribution is 2.33. The van der Waals surface area contributed by atoms with Crippen molar-refractivity contribution < 1.29 is 4.79 Å². The highest BCUT2D eigenvalue weighted by atomic mass is 35.5. The number of benzene rings is 2. The Balaban J connectivity index is 1.93. The van der Waals surface area contributed by atoms with Gasteiger partial charge in [-0.05, 0) is 56.4 Å². The van der Waals surface area contributed by atoms with E-state index < -0.39 is 0 Å². The number of nitrogens with zero attached hydrogens (tertiary/aromatic N) is 3. The Bertz CT molecular complexity index is 1030. The molecule has 0 aliphatic heterocycles. The first-order valence-electron chi connectivity index (χ1n) is 8.80. The zero-order valence-electron chi connectivity index (χ0n) is 15.9. The average molecular weight is 434 g/mol. The van der Waals surface area contributed by atoms with Crippen molar-refractivity contribution in [3.05, 3.63) is 63.6 Å². The van der Waals surface area contributed by atoms with Crippen LogP contribution in [0.5, 0.6) is 0 Å². The van der Waals surface area contributed by atoms with Gasteiger partial charge in [0, 0.05) is 29.2 Å². The number of aryl methyl sites for hydroxylation is 1. The predicted molar refractivity (Wildman–Crippen MR) is 121 cm³/mol. The number of amides is 1. The average Bonchev–Trinajstić information content (AvgIpc) is 3.05. The molecule has 1 heterocycles. The van der Waals surface area contributed by atoms with Gasteiger partial charge in [0.1, 0.15) is 0 Å². The Kier molecular flexibility index (Phi) is 6.73. The predicted octanol–water partition coefficient (Wildman–Crippen LogP) is 5.52. The van der Waals surface area contributed by atoms with E-state index in [1.54, 1.807) is 23.1 Å². The summed E-state index contributed by atoms with van der Waals surface area (Å²) in [6.07, 6.45) is 3.28. The number of fused-ring (bicyclic) bond motifs is 1. The van der Waals surface area contributed by atoms with Crippen LogP contribution in [0.15, 0.2) is 42.5 Å². The summed E-state index contributed by atoms with van der Waals surface area (Å²) in [5, 5.41) is 1.94. The lowest BCUT2D eigenvalue weighted by molar-refractivity contribution is -0.114. The number of hydrogen-bond donors (Lipinski definition) is 0. The van der Waals surface area contributed by atoms with Crippen LogP contribution in [0.1, 0.15) is 11.1 Å². The van der Waals surface area contributed by atoms with E-state index in [1.165, 1.54) is 11.3 Å². The van der Waals surface area contributed by atoms with Crippen LogP contribution in [0.2, 0.25) is 10.0 Å². The molecule has 0 atom stereocenters. The van der Waals surface area contributed by atoms with Crippen LogP contribution >= 0.6 is 34.5 Å². The molecule has 3 rings (SSSR count). The molecule has 0 bridgehead atoms. The number of anilines is 1. The van der Waals surface area contributed by atoms with Crippen molar-refractivity contribution in [2.24, 2.45) is 0 Å². The molecule has 0 aliphatic rings. The number of carbonyl (C=O) groups is 1. The zero-order valence-corrected chi connectivity index (χ0v) is 18.3. The van der Waals surface area contributed by atoms with E-state index in [4.69, 9.17) is 28.2 Å². The summed E-state index contributed by atoms with van der Waals surface area (Å²) in [6, 6.07) is 11.2. The molecule has 28 heavy (non-hydrogen) atoms. The molecule has 0 saturated carbocycles. The minimum absolute atomic E-state index is 0.135. The normalized spacial score (nSPS) is 11.6. The molecule has 1 amide bonds. The van der Waals surface area contributed by atoms with E-state index in [9.17, 15) is 4.79 Å².